The minimum Gasteiger partial charge on any atom is -0.354 e. The van der Waals surface area contributed by atoms with Crippen molar-refractivity contribution < 1.29 is 9.59 Å². The van der Waals surface area contributed by atoms with Crippen LogP contribution in [0, 0.1) is 17.8 Å². The predicted molar refractivity (Wildman–Crippen MR) is 83.3 cm³/mol. The smallest absolute Gasteiger partial charge is 0.220 e. The van der Waals surface area contributed by atoms with E-state index >= 15 is 0 Å². The van der Waals surface area contributed by atoms with Crippen LogP contribution in [0.1, 0.15) is 60.8 Å². The third-order valence-electron chi connectivity index (χ3n) is 2.85. The van der Waals surface area contributed by atoms with Crippen molar-refractivity contribution in [1.29, 1.82) is 0 Å². The third-order valence-corrected chi connectivity index (χ3v) is 2.85. The van der Waals surface area contributed by atoms with Crippen molar-refractivity contribution in [2.45, 2.75) is 66.8 Å². The van der Waals surface area contributed by atoms with Crippen LogP contribution in [0.4, 0.5) is 0 Å². The van der Waals surface area contributed by atoms with Crippen LogP contribution in [0.25, 0.3) is 0 Å². The van der Waals surface area contributed by atoms with Gasteiger partial charge in [-0.2, -0.15) is 0 Å². The zero-order valence-corrected chi connectivity index (χ0v) is 14.0. The molecule has 0 aliphatic rings. The van der Waals surface area contributed by atoms with E-state index in [1.807, 2.05) is 27.7 Å². The molecular formula is C16H32N2O2. The third kappa shape index (κ3) is 10.8. The topological polar surface area (TPSA) is 58.2 Å². The van der Waals surface area contributed by atoms with Gasteiger partial charge in [0.15, 0.2) is 0 Å². The molecular weight excluding hydrogens is 252 g/mol. The Morgan fingerprint density at radius 2 is 1.30 bits per heavy atom. The monoisotopic (exact) mass is 284 g/mol. The van der Waals surface area contributed by atoms with Gasteiger partial charge in [0, 0.05) is 25.4 Å². The largest absolute Gasteiger partial charge is 0.354 e. The minimum absolute atomic E-state index is 0.0253. The molecule has 0 aromatic heterocycles. The first-order valence-corrected chi connectivity index (χ1v) is 7.76. The van der Waals surface area contributed by atoms with Gasteiger partial charge in [0.1, 0.15) is 0 Å². The molecule has 118 valence electrons. The summed E-state index contributed by atoms with van der Waals surface area (Å²) in [5.74, 6) is 1.33. The first-order valence-electron chi connectivity index (χ1n) is 7.76. The number of amides is 2. The van der Waals surface area contributed by atoms with E-state index in [-0.39, 0.29) is 17.9 Å². The van der Waals surface area contributed by atoms with Crippen molar-refractivity contribution in [1.82, 2.24) is 10.6 Å². The highest BCUT2D eigenvalue weighted by atomic mass is 16.2. The summed E-state index contributed by atoms with van der Waals surface area (Å²) in [6.07, 6.45) is 1.95. The Hall–Kier alpha value is -1.06. The molecule has 0 aromatic carbocycles. The van der Waals surface area contributed by atoms with Crippen LogP contribution in [0.3, 0.4) is 0 Å². The van der Waals surface area contributed by atoms with E-state index in [2.05, 4.69) is 24.5 Å². The van der Waals surface area contributed by atoms with E-state index in [0.717, 1.165) is 6.42 Å². The summed E-state index contributed by atoms with van der Waals surface area (Å²) in [5.41, 5.74) is 0. The highest BCUT2D eigenvalue weighted by Gasteiger charge is 2.16. The molecule has 0 aliphatic carbocycles. The van der Waals surface area contributed by atoms with Gasteiger partial charge < -0.3 is 10.6 Å². The Balaban J connectivity index is 4.27. The number of rotatable bonds is 9. The summed E-state index contributed by atoms with van der Waals surface area (Å²) in [6.45, 7) is 12.9. The van der Waals surface area contributed by atoms with Gasteiger partial charge in [-0.25, -0.2) is 0 Å². The van der Waals surface area contributed by atoms with Crippen LogP contribution < -0.4 is 10.6 Å². The lowest BCUT2D eigenvalue weighted by Gasteiger charge is -2.22. The van der Waals surface area contributed by atoms with Gasteiger partial charge in [0.2, 0.25) is 11.8 Å². The lowest BCUT2D eigenvalue weighted by atomic mass is 10.0. The molecule has 0 saturated heterocycles. The molecule has 0 saturated carbocycles. The number of carbonyl (C=O) groups is 2. The summed E-state index contributed by atoms with van der Waals surface area (Å²) in [4.78, 5) is 23.5. The van der Waals surface area contributed by atoms with Gasteiger partial charge in [0.25, 0.3) is 0 Å². The lowest BCUT2D eigenvalue weighted by molar-refractivity contribution is -0.124. The van der Waals surface area contributed by atoms with Gasteiger partial charge >= 0.3 is 0 Å². The quantitative estimate of drug-likeness (QED) is 0.684. The normalized spacial score (nSPS) is 12.8. The van der Waals surface area contributed by atoms with Gasteiger partial charge in [0.05, 0.1) is 0 Å². The second kappa shape index (κ2) is 9.78. The Morgan fingerprint density at radius 3 is 1.75 bits per heavy atom. The lowest BCUT2D eigenvalue weighted by Crippen LogP contribution is -2.44. The first-order chi connectivity index (χ1) is 9.20. The molecule has 2 amide bonds. The molecule has 4 nitrogen and oxygen atoms in total. The number of hydrogen-bond acceptors (Lipinski definition) is 2. The van der Waals surface area contributed by atoms with E-state index in [1.54, 1.807) is 0 Å². The molecule has 1 unspecified atom stereocenters. The second-order valence-corrected chi connectivity index (χ2v) is 6.89. The Morgan fingerprint density at radius 1 is 0.800 bits per heavy atom. The number of carbonyl (C=O) groups excluding carboxylic acids is 2. The summed E-state index contributed by atoms with van der Waals surface area (Å²) in [7, 11) is 0. The van der Waals surface area contributed by atoms with Gasteiger partial charge in [-0.1, -0.05) is 41.5 Å². The first kappa shape index (κ1) is 18.9. The SMILES string of the molecule is CC(C)CC(=O)NCC(CC(C)C)NC(=O)CC(C)C. The zero-order chi connectivity index (χ0) is 15.7. The Kier molecular flexibility index (Phi) is 9.26. The van der Waals surface area contributed by atoms with Crippen molar-refractivity contribution in [2.75, 3.05) is 6.54 Å². The van der Waals surface area contributed by atoms with Crippen molar-refractivity contribution in [3.05, 3.63) is 0 Å². The number of nitrogens with one attached hydrogen (secondary N) is 2. The molecule has 20 heavy (non-hydrogen) atoms. The highest BCUT2D eigenvalue weighted by Crippen LogP contribution is 2.06. The number of hydrogen-bond donors (Lipinski definition) is 2. The molecule has 0 radical (unpaired) electrons. The van der Waals surface area contributed by atoms with Crippen LogP contribution in [0.15, 0.2) is 0 Å². The fraction of sp³-hybridized carbons (Fsp3) is 0.875. The molecule has 0 rings (SSSR count). The van der Waals surface area contributed by atoms with Crippen molar-refractivity contribution in [3.63, 3.8) is 0 Å². The zero-order valence-electron chi connectivity index (χ0n) is 14.0. The highest BCUT2D eigenvalue weighted by molar-refractivity contribution is 5.77. The Labute approximate surface area is 124 Å². The molecule has 0 bridgehead atoms. The Bertz CT molecular complexity index is 299. The average Bonchev–Trinajstić information content (AvgIpc) is 2.22. The predicted octanol–water partition coefficient (Wildman–Crippen LogP) is 2.73. The molecule has 4 heteroatoms. The molecule has 0 heterocycles. The van der Waals surface area contributed by atoms with Crippen LogP contribution >= 0.6 is 0 Å². The van der Waals surface area contributed by atoms with Crippen molar-refractivity contribution in [3.8, 4) is 0 Å². The van der Waals surface area contributed by atoms with Crippen LogP contribution in [0.5, 0.6) is 0 Å². The summed E-state index contributed by atoms with van der Waals surface area (Å²) >= 11 is 0. The van der Waals surface area contributed by atoms with Gasteiger partial charge in [-0.3, -0.25) is 9.59 Å². The van der Waals surface area contributed by atoms with E-state index in [4.69, 9.17) is 0 Å². The van der Waals surface area contributed by atoms with Gasteiger partial charge in [-0.15, -0.1) is 0 Å². The van der Waals surface area contributed by atoms with E-state index in [0.29, 0.717) is 37.1 Å². The van der Waals surface area contributed by atoms with E-state index in [1.165, 1.54) is 0 Å². The molecule has 0 spiro atoms. The van der Waals surface area contributed by atoms with Gasteiger partial charge in [-0.05, 0) is 24.2 Å². The van der Waals surface area contributed by atoms with Crippen LogP contribution in [0.2, 0.25) is 0 Å². The summed E-state index contributed by atoms with van der Waals surface area (Å²) < 4.78 is 0. The fourth-order valence-corrected chi connectivity index (χ4v) is 2.10. The molecule has 0 aromatic rings. The minimum atomic E-state index is 0.0253. The van der Waals surface area contributed by atoms with E-state index < -0.39 is 0 Å². The second-order valence-electron chi connectivity index (χ2n) is 6.89. The van der Waals surface area contributed by atoms with Crippen LogP contribution in [-0.4, -0.2) is 24.4 Å². The maximum Gasteiger partial charge on any atom is 0.220 e. The average molecular weight is 284 g/mol. The standard InChI is InChI=1S/C16H32N2O2/c1-11(2)7-14(18-16(20)9-13(5)6)10-17-15(19)8-12(3)4/h11-14H,7-10H2,1-6H3,(H,17,19)(H,18,20). The molecule has 0 aliphatic heterocycles. The maximum absolute atomic E-state index is 11.8. The molecule has 0 fully saturated rings. The fourth-order valence-electron chi connectivity index (χ4n) is 2.10. The molecule has 1 atom stereocenters. The summed E-state index contributed by atoms with van der Waals surface area (Å²) in [6, 6.07) is 0.0253. The summed E-state index contributed by atoms with van der Waals surface area (Å²) in [5, 5.41) is 5.96. The molecule has 2 N–H and O–H groups in total. The van der Waals surface area contributed by atoms with Crippen molar-refractivity contribution in [2.24, 2.45) is 17.8 Å². The van der Waals surface area contributed by atoms with E-state index in [9.17, 15) is 9.59 Å². The van der Waals surface area contributed by atoms with Crippen molar-refractivity contribution >= 4 is 11.8 Å². The van der Waals surface area contributed by atoms with Crippen LogP contribution in [-0.2, 0) is 9.59 Å². The maximum atomic E-state index is 11.8.